The van der Waals surface area contributed by atoms with E-state index < -0.39 is 0 Å². The molecule has 0 N–H and O–H groups in total. The van der Waals surface area contributed by atoms with Crippen molar-refractivity contribution in [1.82, 2.24) is 9.78 Å². The highest BCUT2D eigenvalue weighted by Crippen LogP contribution is 1.99. The maximum absolute atomic E-state index is 3.98. The van der Waals surface area contributed by atoms with Crippen LogP contribution in [0.25, 0.3) is 0 Å². The third-order valence-corrected chi connectivity index (χ3v) is 1.39. The first-order valence-electron chi connectivity index (χ1n) is 2.30. The van der Waals surface area contributed by atoms with E-state index in [9.17, 15) is 0 Å². The summed E-state index contributed by atoms with van der Waals surface area (Å²) in [5, 5.41) is 3.98. The minimum Gasteiger partial charge on any atom is -0.272 e. The summed E-state index contributed by atoms with van der Waals surface area (Å²) in [5.41, 5.74) is 0. The summed E-state index contributed by atoms with van der Waals surface area (Å²) in [4.78, 5) is 0. The molecule has 0 aliphatic rings. The highest BCUT2D eigenvalue weighted by Gasteiger charge is 1.87. The monoisotopic (exact) mass is 221 g/mol. The molecule has 0 unspecified atom stereocenters. The van der Waals surface area contributed by atoms with Crippen LogP contribution in [0.15, 0.2) is 12.4 Å². The summed E-state index contributed by atoms with van der Waals surface area (Å²) in [6.07, 6.45) is 3.76. The maximum Gasteiger partial charge on any atom is 0.0623 e. The molecular formula is C5H6IN2. The molecule has 1 heterocycles. The van der Waals surface area contributed by atoms with Crippen LogP contribution in [0.3, 0.4) is 0 Å². The zero-order valence-electron chi connectivity index (χ0n) is 4.34. The quantitative estimate of drug-likeness (QED) is 0.654. The lowest BCUT2D eigenvalue weighted by atomic mass is 10.7. The highest BCUT2D eigenvalue weighted by molar-refractivity contribution is 14.1. The largest absolute Gasteiger partial charge is 0.272 e. The Morgan fingerprint density at radius 3 is 2.88 bits per heavy atom. The molecule has 0 saturated heterocycles. The van der Waals surface area contributed by atoms with Gasteiger partial charge in [0, 0.05) is 12.7 Å². The first-order chi connectivity index (χ1) is 3.83. The topological polar surface area (TPSA) is 17.8 Å². The SMILES string of the molecule is [CH2]Cn1cc(I)cn1. The van der Waals surface area contributed by atoms with Crippen molar-refractivity contribution >= 4 is 22.6 Å². The van der Waals surface area contributed by atoms with E-state index in [-0.39, 0.29) is 0 Å². The molecule has 0 aromatic carbocycles. The Hall–Kier alpha value is -0.0600. The van der Waals surface area contributed by atoms with E-state index in [1.165, 1.54) is 0 Å². The molecule has 1 radical (unpaired) electrons. The Kier molecular flexibility index (Phi) is 1.88. The molecule has 1 aromatic heterocycles. The van der Waals surface area contributed by atoms with E-state index in [1.807, 2.05) is 12.4 Å². The number of nitrogens with zero attached hydrogens (tertiary/aromatic N) is 2. The van der Waals surface area contributed by atoms with E-state index in [0.717, 1.165) is 3.57 Å². The van der Waals surface area contributed by atoms with Gasteiger partial charge in [0.2, 0.25) is 0 Å². The standard InChI is InChI=1S/C5H6IN2/c1-2-8-4-5(6)3-7-8/h3-4H,1-2H2. The summed E-state index contributed by atoms with van der Waals surface area (Å²) in [6.45, 7) is 4.38. The van der Waals surface area contributed by atoms with Crippen LogP contribution in [0.4, 0.5) is 0 Å². The molecule has 0 saturated carbocycles. The van der Waals surface area contributed by atoms with Gasteiger partial charge in [0.1, 0.15) is 0 Å². The van der Waals surface area contributed by atoms with E-state index >= 15 is 0 Å². The molecule has 0 aliphatic heterocycles. The van der Waals surface area contributed by atoms with Gasteiger partial charge in [0.05, 0.1) is 9.77 Å². The maximum atomic E-state index is 3.98. The third-order valence-electron chi connectivity index (χ3n) is 0.831. The van der Waals surface area contributed by atoms with Crippen molar-refractivity contribution in [1.29, 1.82) is 0 Å². The molecule has 1 aromatic rings. The van der Waals surface area contributed by atoms with Crippen molar-refractivity contribution in [2.45, 2.75) is 6.54 Å². The number of halogens is 1. The molecule has 3 heteroatoms. The van der Waals surface area contributed by atoms with E-state index in [4.69, 9.17) is 0 Å². The molecular weight excluding hydrogens is 215 g/mol. The predicted octanol–water partition coefficient (Wildman–Crippen LogP) is 1.32. The van der Waals surface area contributed by atoms with Crippen molar-refractivity contribution in [2.24, 2.45) is 0 Å². The van der Waals surface area contributed by atoms with Gasteiger partial charge >= 0.3 is 0 Å². The smallest absolute Gasteiger partial charge is 0.0623 e. The molecule has 0 fully saturated rings. The molecule has 8 heavy (non-hydrogen) atoms. The Morgan fingerprint density at radius 1 is 1.88 bits per heavy atom. The van der Waals surface area contributed by atoms with Gasteiger partial charge in [-0.05, 0) is 29.5 Å². The van der Waals surface area contributed by atoms with Gasteiger partial charge in [0.25, 0.3) is 0 Å². The van der Waals surface area contributed by atoms with Crippen LogP contribution in [-0.4, -0.2) is 9.78 Å². The summed E-state index contributed by atoms with van der Waals surface area (Å²) < 4.78 is 2.95. The highest BCUT2D eigenvalue weighted by atomic mass is 127. The van der Waals surface area contributed by atoms with E-state index in [0.29, 0.717) is 6.54 Å². The molecule has 1 rings (SSSR count). The lowest BCUT2D eigenvalue weighted by Gasteiger charge is -1.87. The van der Waals surface area contributed by atoms with Crippen molar-refractivity contribution in [3.63, 3.8) is 0 Å². The Labute approximate surface area is 62.0 Å². The van der Waals surface area contributed by atoms with E-state index in [1.54, 1.807) is 4.68 Å². The summed E-state index contributed by atoms with van der Waals surface area (Å²) in [7, 11) is 0. The van der Waals surface area contributed by atoms with Crippen LogP contribution in [0.2, 0.25) is 0 Å². The van der Waals surface area contributed by atoms with Crippen molar-refractivity contribution in [3.05, 3.63) is 22.9 Å². The van der Waals surface area contributed by atoms with Crippen LogP contribution in [0.1, 0.15) is 0 Å². The fourth-order valence-electron chi connectivity index (χ4n) is 0.461. The number of hydrogen-bond donors (Lipinski definition) is 0. The first-order valence-corrected chi connectivity index (χ1v) is 3.38. The number of aromatic nitrogens is 2. The summed E-state index contributed by atoms with van der Waals surface area (Å²) in [5.74, 6) is 0. The van der Waals surface area contributed by atoms with Crippen molar-refractivity contribution in [3.8, 4) is 0 Å². The van der Waals surface area contributed by atoms with Crippen LogP contribution < -0.4 is 0 Å². The van der Waals surface area contributed by atoms with Crippen LogP contribution >= 0.6 is 22.6 Å². The predicted molar refractivity (Wildman–Crippen MR) is 40.3 cm³/mol. The van der Waals surface area contributed by atoms with Crippen LogP contribution in [0, 0.1) is 10.5 Å². The second-order valence-corrected chi connectivity index (χ2v) is 2.67. The minimum atomic E-state index is 0.711. The first kappa shape index (κ1) is 6.07. The van der Waals surface area contributed by atoms with Gasteiger partial charge in [-0.1, -0.05) is 0 Å². The summed E-state index contributed by atoms with van der Waals surface area (Å²) >= 11 is 2.21. The van der Waals surface area contributed by atoms with Gasteiger partial charge in [-0.25, -0.2) is 0 Å². The lowest BCUT2D eigenvalue weighted by molar-refractivity contribution is 0.699. The molecule has 43 valence electrons. The van der Waals surface area contributed by atoms with Crippen molar-refractivity contribution in [2.75, 3.05) is 0 Å². The second kappa shape index (κ2) is 2.48. The third kappa shape index (κ3) is 1.21. The molecule has 2 nitrogen and oxygen atoms in total. The summed E-state index contributed by atoms with van der Waals surface area (Å²) in [6, 6.07) is 0. The normalized spacial score (nSPS) is 9.75. The lowest BCUT2D eigenvalue weighted by Crippen LogP contribution is -1.92. The van der Waals surface area contributed by atoms with Gasteiger partial charge in [-0.3, -0.25) is 4.68 Å². The molecule has 0 bridgehead atoms. The molecule has 0 spiro atoms. The Balaban J connectivity index is 2.84. The zero-order valence-corrected chi connectivity index (χ0v) is 6.50. The minimum absolute atomic E-state index is 0.711. The van der Waals surface area contributed by atoms with Crippen LogP contribution in [-0.2, 0) is 6.54 Å². The van der Waals surface area contributed by atoms with Gasteiger partial charge in [0.15, 0.2) is 0 Å². The average molecular weight is 221 g/mol. The van der Waals surface area contributed by atoms with E-state index in [2.05, 4.69) is 34.6 Å². The fraction of sp³-hybridized carbons (Fsp3) is 0.200. The Bertz CT molecular complexity index is 171. The van der Waals surface area contributed by atoms with Gasteiger partial charge in [-0.2, -0.15) is 5.10 Å². The Morgan fingerprint density at radius 2 is 2.62 bits per heavy atom. The molecule has 0 atom stereocenters. The number of rotatable bonds is 1. The van der Waals surface area contributed by atoms with Gasteiger partial charge < -0.3 is 0 Å². The van der Waals surface area contributed by atoms with Crippen LogP contribution in [0.5, 0.6) is 0 Å². The average Bonchev–Trinajstić information content (AvgIpc) is 2.14. The van der Waals surface area contributed by atoms with Crippen molar-refractivity contribution < 1.29 is 0 Å². The fourth-order valence-corrected chi connectivity index (χ4v) is 0.907. The second-order valence-electron chi connectivity index (χ2n) is 1.42. The molecule has 0 amide bonds. The number of hydrogen-bond acceptors (Lipinski definition) is 1. The molecule has 0 aliphatic carbocycles. The van der Waals surface area contributed by atoms with Gasteiger partial charge in [-0.15, -0.1) is 0 Å². The zero-order chi connectivity index (χ0) is 5.98.